The number of rotatable bonds is 7. The van der Waals surface area contributed by atoms with Gasteiger partial charge in [-0.1, -0.05) is 12.1 Å². The highest BCUT2D eigenvalue weighted by molar-refractivity contribution is 5.71. The maximum atomic E-state index is 10.9. The highest BCUT2D eigenvalue weighted by Crippen LogP contribution is 2.23. The Labute approximate surface area is 122 Å². The van der Waals surface area contributed by atoms with Gasteiger partial charge >= 0.3 is 5.97 Å². The average molecular weight is 290 g/mol. The maximum Gasteiger partial charge on any atom is 0.328 e. The van der Waals surface area contributed by atoms with Gasteiger partial charge in [0.1, 0.15) is 18.4 Å². The van der Waals surface area contributed by atoms with E-state index in [1.165, 1.54) is 4.68 Å². The van der Waals surface area contributed by atoms with Crippen LogP contribution in [-0.2, 0) is 9.53 Å². The zero-order chi connectivity index (χ0) is 15.2. The van der Waals surface area contributed by atoms with Gasteiger partial charge in [0.05, 0.1) is 12.8 Å². The van der Waals surface area contributed by atoms with E-state index >= 15 is 0 Å². The lowest BCUT2D eigenvalue weighted by Gasteiger charge is -2.06. The molecule has 0 saturated heterocycles. The summed E-state index contributed by atoms with van der Waals surface area (Å²) in [6.45, 7) is 2.64. The molecule has 0 spiro atoms. The molecule has 2 rings (SSSR count). The lowest BCUT2D eigenvalue weighted by Crippen LogP contribution is -2.15. The van der Waals surface area contributed by atoms with Crippen LogP contribution in [0.5, 0.6) is 5.75 Å². The number of carbonyl (C=O) groups is 1. The molecule has 0 amide bonds. The first-order valence-electron chi connectivity index (χ1n) is 6.61. The zero-order valence-corrected chi connectivity index (χ0v) is 12.0. The van der Waals surface area contributed by atoms with Gasteiger partial charge in [0.25, 0.3) is 0 Å². The summed E-state index contributed by atoms with van der Waals surface area (Å²) in [5, 5.41) is 13.1. The monoisotopic (exact) mass is 290 g/mol. The highest BCUT2D eigenvalue weighted by Gasteiger charge is 2.14. The van der Waals surface area contributed by atoms with E-state index in [0.717, 1.165) is 16.9 Å². The third kappa shape index (κ3) is 3.82. The SMILES string of the molecule is COCCOc1ccc(-c2cnn([C@@H](C)C(=O)O)c2)cc1. The van der Waals surface area contributed by atoms with Crippen LogP contribution in [0.2, 0.25) is 0 Å². The number of hydrogen-bond acceptors (Lipinski definition) is 4. The molecule has 6 heteroatoms. The predicted octanol–water partition coefficient (Wildman–Crippen LogP) is 2.22. The van der Waals surface area contributed by atoms with E-state index in [2.05, 4.69) is 5.10 Å². The number of methoxy groups -OCH3 is 1. The van der Waals surface area contributed by atoms with E-state index < -0.39 is 12.0 Å². The molecule has 1 aromatic carbocycles. The van der Waals surface area contributed by atoms with Crippen molar-refractivity contribution in [3.63, 3.8) is 0 Å². The van der Waals surface area contributed by atoms with Crippen molar-refractivity contribution < 1.29 is 19.4 Å². The number of carboxylic acid groups (broad SMARTS) is 1. The number of ether oxygens (including phenoxy) is 2. The lowest BCUT2D eigenvalue weighted by molar-refractivity contribution is -0.140. The molecule has 0 aliphatic carbocycles. The molecular formula is C15H18N2O4. The first-order valence-corrected chi connectivity index (χ1v) is 6.61. The Balaban J connectivity index is 2.07. The Morgan fingerprint density at radius 1 is 1.29 bits per heavy atom. The molecule has 21 heavy (non-hydrogen) atoms. The van der Waals surface area contributed by atoms with Crippen molar-refractivity contribution in [2.45, 2.75) is 13.0 Å². The fourth-order valence-electron chi connectivity index (χ4n) is 1.80. The van der Waals surface area contributed by atoms with Crippen molar-refractivity contribution in [2.24, 2.45) is 0 Å². The summed E-state index contributed by atoms with van der Waals surface area (Å²) >= 11 is 0. The predicted molar refractivity (Wildman–Crippen MR) is 77.4 cm³/mol. The second-order valence-corrected chi connectivity index (χ2v) is 4.59. The molecule has 0 fully saturated rings. The van der Waals surface area contributed by atoms with Crippen LogP contribution in [0.25, 0.3) is 11.1 Å². The molecule has 1 N–H and O–H groups in total. The first kappa shape index (κ1) is 15.1. The second kappa shape index (κ2) is 6.90. The Hall–Kier alpha value is -2.34. The summed E-state index contributed by atoms with van der Waals surface area (Å²) in [7, 11) is 1.63. The third-order valence-corrected chi connectivity index (χ3v) is 3.10. The van der Waals surface area contributed by atoms with Gasteiger partial charge in [-0.05, 0) is 24.6 Å². The minimum Gasteiger partial charge on any atom is -0.491 e. The summed E-state index contributed by atoms with van der Waals surface area (Å²) in [5.41, 5.74) is 1.82. The number of nitrogens with zero attached hydrogens (tertiary/aromatic N) is 2. The molecular weight excluding hydrogens is 272 g/mol. The Bertz CT molecular complexity index is 592. The number of benzene rings is 1. The second-order valence-electron chi connectivity index (χ2n) is 4.59. The fourth-order valence-corrected chi connectivity index (χ4v) is 1.80. The van der Waals surface area contributed by atoms with Crippen molar-refractivity contribution in [1.29, 1.82) is 0 Å². The van der Waals surface area contributed by atoms with E-state index in [1.54, 1.807) is 26.4 Å². The van der Waals surface area contributed by atoms with Gasteiger partial charge in [-0.3, -0.25) is 4.68 Å². The molecule has 2 aromatic rings. The summed E-state index contributed by atoms with van der Waals surface area (Å²) in [6, 6.07) is 6.87. The van der Waals surface area contributed by atoms with Crippen LogP contribution in [0.15, 0.2) is 36.7 Å². The summed E-state index contributed by atoms with van der Waals surface area (Å²) in [6.07, 6.45) is 3.37. The lowest BCUT2D eigenvalue weighted by atomic mass is 10.1. The molecule has 0 aliphatic heterocycles. The van der Waals surface area contributed by atoms with Gasteiger partial charge in [-0.15, -0.1) is 0 Å². The molecule has 0 aliphatic rings. The summed E-state index contributed by atoms with van der Waals surface area (Å²) in [4.78, 5) is 10.9. The first-order chi connectivity index (χ1) is 10.1. The molecule has 6 nitrogen and oxygen atoms in total. The van der Waals surface area contributed by atoms with E-state index in [-0.39, 0.29) is 0 Å². The quantitative estimate of drug-likeness (QED) is 0.791. The molecule has 0 unspecified atom stereocenters. The van der Waals surface area contributed by atoms with Gasteiger partial charge in [0, 0.05) is 18.9 Å². The Kier molecular flexibility index (Phi) is 4.94. The van der Waals surface area contributed by atoms with E-state index in [4.69, 9.17) is 14.6 Å². The van der Waals surface area contributed by atoms with Gasteiger partial charge in [0.2, 0.25) is 0 Å². The summed E-state index contributed by atoms with van der Waals surface area (Å²) < 4.78 is 11.8. The van der Waals surface area contributed by atoms with Crippen molar-refractivity contribution in [3.8, 4) is 16.9 Å². The summed E-state index contributed by atoms with van der Waals surface area (Å²) in [5.74, 6) is -0.145. The van der Waals surface area contributed by atoms with Gasteiger partial charge in [0.15, 0.2) is 0 Å². The molecule has 0 radical (unpaired) electrons. The smallest absolute Gasteiger partial charge is 0.328 e. The van der Waals surface area contributed by atoms with Gasteiger partial charge in [-0.2, -0.15) is 5.10 Å². The standard InChI is InChI=1S/C15H18N2O4/c1-11(15(18)19)17-10-13(9-16-17)12-3-5-14(6-4-12)21-8-7-20-2/h3-6,9-11H,7-8H2,1-2H3,(H,18,19)/t11-/m0/s1. The van der Waals surface area contributed by atoms with E-state index in [9.17, 15) is 4.79 Å². The molecule has 1 aromatic heterocycles. The van der Waals surface area contributed by atoms with Gasteiger partial charge in [-0.25, -0.2) is 4.79 Å². The normalized spacial score (nSPS) is 12.1. The van der Waals surface area contributed by atoms with Crippen molar-refractivity contribution >= 4 is 5.97 Å². The van der Waals surface area contributed by atoms with Crippen molar-refractivity contribution in [2.75, 3.05) is 20.3 Å². The topological polar surface area (TPSA) is 73.6 Å². The van der Waals surface area contributed by atoms with Crippen LogP contribution in [0.1, 0.15) is 13.0 Å². The number of carboxylic acids is 1. The number of hydrogen-bond donors (Lipinski definition) is 1. The fraction of sp³-hybridized carbons (Fsp3) is 0.333. The molecule has 1 atom stereocenters. The van der Waals surface area contributed by atoms with E-state index in [1.807, 2.05) is 24.3 Å². The van der Waals surface area contributed by atoms with Crippen LogP contribution in [0, 0.1) is 0 Å². The van der Waals surface area contributed by atoms with Crippen LogP contribution >= 0.6 is 0 Å². The largest absolute Gasteiger partial charge is 0.491 e. The van der Waals surface area contributed by atoms with Gasteiger partial charge < -0.3 is 14.6 Å². The number of aliphatic carboxylic acids is 1. The van der Waals surface area contributed by atoms with Crippen LogP contribution in [-0.4, -0.2) is 41.2 Å². The van der Waals surface area contributed by atoms with Crippen LogP contribution < -0.4 is 4.74 Å². The Morgan fingerprint density at radius 2 is 2.00 bits per heavy atom. The minimum absolute atomic E-state index is 0.504. The molecule has 112 valence electrons. The van der Waals surface area contributed by atoms with Crippen LogP contribution in [0.4, 0.5) is 0 Å². The highest BCUT2D eigenvalue weighted by atomic mass is 16.5. The molecule has 0 saturated carbocycles. The molecule has 0 bridgehead atoms. The maximum absolute atomic E-state index is 10.9. The van der Waals surface area contributed by atoms with Crippen molar-refractivity contribution in [1.82, 2.24) is 9.78 Å². The zero-order valence-electron chi connectivity index (χ0n) is 12.0. The third-order valence-electron chi connectivity index (χ3n) is 3.10. The number of aromatic nitrogens is 2. The molecule has 1 heterocycles. The minimum atomic E-state index is -0.911. The Morgan fingerprint density at radius 3 is 2.62 bits per heavy atom. The van der Waals surface area contributed by atoms with Crippen LogP contribution in [0.3, 0.4) is 0 Å². The average Bonchev–Trinajstić information content (AvgIpc) is 2.97. The van der Waals surface area contributed by atoms with Crippen molar-refractivity contribution in [3.05, 3.63) is 36.7 Å². The van der Waals surface area contributed by atoms with E-state index in [0.29, 0.717) is 13.2 Å².